The van der Waals surface area contributed by atoms with Gasteiger partial charge in [-0.2, -0.15) is 0 Å². The molecule has 6 heteroatoms. The molecule has 1 unspecified atom stereocenters. The van der Waals surface area contributed by atoms with Gasteiger partial charge in [0.2, 0.25) is 0 Å². The molecule has 0 radical (unpaired) electrons. The lowest BCUT2D eigenvalue weighted by molar-refractivity contribution is 0.0703. The monoisotopic (exact) mass is 302 g/mol. The predicted molar refractivity (Wildman–Crippen MR) is 83.3 cm³/mol. The minimum absolute atomic E-state index is 0.0784. The quantitative estimate of drug-likeness (QED) is 0.942. The summed E-state index contributed by atoms with van der Waals surface area (Å²) in [5, 5.41) is 4.05. The Morgan fingerprint density at radius 2 is 2.33 bits per heavy atom. The number of carbonyl (C=O) groups is 1. The Labute approximate surface area is 128 Å². The number of likely N-dealkylation sites (N-methyl/N-ethyl adjacent to an activating group) is 1. The Kier molecular flexibility index (Phi) is 4.26. The van der Waals surface area contributed by atoms with Crippen molar-refractivity contribution in [3.63, 3.8) is 0 Å². The van der Waals surface area contributed by atoms with Gasteiger partial charge in [-0.1, -0.05) is 6.07 Å². The van der Waals surface area contributed by atoms with Crippen molar-refractivity contribution in [3.05, 3.63) is 35.5 Å². The third-order valence-corrected chi connectivity index (χ3v) is 4.73. The molecule has 21 heavy (non-hydrogen) atoms. The van der Waals surface area contributed by atoms with Crippen molar-refractivity contribution >= 4 is 17.2 Å². The predicted octanol–water partition coefficient (Wildman–Crippen LogP) is 2.03. The van der Waals surface area contributed by atoms with Crippen molar-refractivity contribution in [2.45, 2.75) is 18.9 Å². The Morgan fingerprint density at radius 3 is 3.10 bits per heavy atom. The molecule has 2 aromatic rings. The number of hydrogen-bond donors (Lipinski definition) is 1. The molecule has 0 bridgehead atoms. The maximum atomic E-state index is 12.6. The maximum absolute atomic E-state index is 12.6. The highest BCUT2D eigenvalue weighted by Gasteiger charge is 2.25. The average Bonchev–Trinajstić information content (AvgIpc) is 3.05. The number of nitrogens with one attached hydrogen (secondary N) is 1. The summed E-state index contributed by atoms with van der Waals surface area (Å²) in [7, 11) is 1.95. The second-order valence-corrected chi connectivity index (χ2v) is 6.15. The van der Waals surface area contributed by atoms with Gasteiger partial charge in [0.05, 0.1) is 11.9 Å². The van der Waals surface area contributed by atoms with Crippen LogP contribution < -0.4 is 5.32 Å². The van der Waals surface area contributed by atoms with E-state index in [1.807, 2.05) is 30.1 Å². The summed E-state index contributed by atoms with van der Waals surface area (Å²) < 4.78 is 0. The van der Waals surface area contributed by atoms with Gasteiger partial charge in [-0.25, -0.2) is 4.98 Å². The van der Waals surface area contributed by atoms with Crippen LogP contribution in [-0.2, 0) is 0 Å². The number of rotatable bonds is 3. The van der Waals surface area contributed by atoms with E-state index in [4.69, 9.17) is 0 Å². The van der Waals surface area contributed by atoms with Gasteiger partial charge in [0.25, 0.3) is 5.91 Å². The molecule has 2 aromatic heterocycles. The molecule has 0 aliphatic carbocycles. The molecule has 1 saturated heterocycles. The maximum Gasteiger partial charge on any atom is 0.265 e. The summed E-state index contributed by atoms with van der Waals surface area (Å²) in [6, 6.07) is 6.10. The van der Waals surface area contributed by atoms with Gasteiger partial charge in [0, 0.05) is 25.3 Å². The Morgan fingerprint density at radius 1 is 1.43 bits per heavy atom. The van der Waals surface area contributed by atoms with Crippen molar-refractivity contribution in [2.24, 2.45) is 0 Å². The fourth-order valence-corrected chi connectivity index (χ4v) is 3.39. The van der Waals surface area contributed by atoms with Crippen LogP contribution in [-0.4, -0.2) is 47.0 Å². The topological polar surface area (TPSA) is 58.1 Å². The first-order valence-corrected chi connectivity index (χ1v) is 7.93. The highest BCUT2D eigenvalue weighted by Crippen LogP contribution is 2.25. The first kappa shape index (κ1) is 14.2. The number of carbonyl (C=O) groups excluding carboxylic acids is 1. The van der Waals surface area contributed by atoms with Crippen LogP contribution in [0, 0.1) is 0 Å². The summed E-state index contributed by atoms with van der Waals surface area (Å²) in [6.07, 6.45) is 5.58. The highest BCUT2D eigenvalue weighted by atomic mass is 32.1. The number of hydrogen-bond acceptors (Lipinski definition) is 5. The number of likely N-dealkylation sites (tertiary alicyclic amines) is 1. The minimum atomic E-state index is 0.0784. The molecule has 3 heterocycles. The van der Waals surface area contributed by atoms with E-state index in [0.29, 0.717) is 10.9 Å². The number of pyridine rings is 1. The first-order chi connectivity index (χ1) is 10.3. The molecule has 3 rings (SSSR count). The first-order valence-electron chi connectivity index (χ1n) is 7.11. The summed E-state index contributed by atoms with van der Waals surface area (Å²) in [4.78, 5) is 23.8. The van der Waals surface area contributed by atoms with E-state index in [2.05, 4.69) is 15.3 Å². The molecule has 1 atom stereocenters. The van der Waals surface area contributed by atoms with Crippen molar-refractivity contribution < 1.29 is 4.79 Å². The fraction of sp³-hybridized carbons (Fsp3) is 0.400. The number of nitrogens with zero attached hydrogens (tertiary/aromatic N) is 3. The third-order valence-electron chi connectivity index (χ3n) is 3.72. The molecule has 0 aromatic carbocycles. The van der Waals surface area contributed by atoms with Gasteiger partial charge in [-0.05, 0) is 32.0 Å². The molecule has 1 aliphatic rings. The van der Waals surface area contributed by atoms with E-state index in [0.717, 1.165) is 36.6 Å². The molecule has 110 valence electrons. The summed E-state index contributed by atoms with van der Waals surface area (Å²) >= 11 is 1.41. The Bertz CT molecular complexity index is 613. The number of thiazole rings is 1. The Hall–Kier alpha value is -1.79. The van der Waals surface area contributed by atoms with Crippen LogP contribution in [0.2, 0.25) is 0 Å². The van der Waals surface area contributed by atoms with Crippen LogP contribution in [0.25, 0.3) is 10.7 Å². The molecule has 1 amide bonds. The van der Waals surface area contributed by atoms with Gasteiger partial charge < -0.3 is 10.2 Å². The van der Waals surface area contributed by atoms with E-state index in [9.17, 15) is 4.79 Å². The molecule has 0 spiro atoms. The Balaban J connectivity index is 1.75. The molecular formula is C15H18N4OS. The normalized spacial score (nSPS) is 18.7. The highest BCUT2D eigenvalue weighted by molar-refractivity contribution is 7.16. The van der Waals surface area contributed by atoms with E-state index >= 15 is 0 Å². The van der Waals surface area contributed by atoms with Crippen molar-refractivity contribution in [2.75, 3.05) is 20.1 Å². The van der Waals surface area contributed by atoms with E-state index in [-0.39, 0.29) is 5.91 Å². The van der Waals surface area contributed by atoms with Gasteiger partial charge in [0.1, 0.15) is 9.88 Å². The fourth-order valence-electron chi connectivity index (χ4n) is 2.53. The number of aromatic nitrogens is 2. The second-order valence-electron chi connectivity index (χ2n) is 5.12. The van der Waals surface area contributed by atoms with Crippen LogP contribution in [0.3, 0.4) is 0 Å². The van der Waals surface area contributed by atoms with Crippen molar-refractivity contribution in [1.82, 2.24) is 20.2 Å². The van der Waals surface area contributed by atoms with Crippen LogP contribution in [0.5, 0.6) is 0 Å². The zero-order chi connectivity index (χ0) is 14.7. The van der Waals surface area contributed by atoms with Crippen molar-refractivity contribution in [3.8, 4) is 10.7 Å². The lowest BCUT2D eigenvalue weighted by Crippen LogP contribution is -2.46. The standard InChI is InChI=1S/C15H18N4OS/c1-16-11-5-4-8-19(10-11)15(20)13-9-18-14(21-13)12-6-2-3-7-17-12/h2-3,6-7,9,11,16H,4-5,8,10H2,1H3. The van der Waals surface area contributed by atoms with Crippen LogP contribution in [0.1, 0.15) is 22.5 Å². The van der Waals surface area contributed by atoms with Gasteiger partial charge in [0.15, 0.2) is 0 Å². The SMILES string of the molecule is CNC1CCCN(C(=O)c2cnc(-c3ccccn3)s2)C1. The molecule has 1 aliphatic heterocycles. The van der Waals surface area contributed by atoms with Gasteiger partial charge >= 0.3 is 0 Å². The van der Waals surface area contributed by atoms with Gasteiger partial charge in [-0.3, -0.25) is 9.78 Å². The zero-order valence-corrected chi connectivity index (χ0v) is 12.8. The van der Waals surface area contributed by atoms with Crippen LogP contribution in [0.15, 0.2) is 30.6 Å². The summed E-state index contributed by atoms with van der Waals surface area (Å²) in [5.74, 6) is 0.0784. The summed E-state index contributed by atoms with van der Waals surface area (Å²) in [6.45, 7) is 1.60. The smallest absolute Gasteiger partial charge is 0.265 e. The van der Waals surface area contributed by atoms with E-state index < -0.39 is 0 Å². The third kappa shape index (κ3) is 3.11. The molecular weight excluding hydrogens is 284 g/mol. The van der Waals surface area contributed by atoms with E-state index in [1.54, 1.807) is 12.4 Å². The number of piperidine rings is 1. The largest absolute Gasteiger partial charge is 0.336 e. The lowest BCUT2D eigenvalue weighted by atomic mass is 10.1. The van der Waals surface area contributed by atoms with E-state index in [1.165, 1.54) is 11.3 Å². The second kappa shape index (κ2) is 6.32. The molecule has 5 nitrogen and oxygen atoms in total. The summed E-state index contributed by atoms with van der Waals surface area (Å²) in [5.41, 5.74) is 0.813. The minimum Gasteiger partial charge on any atom is -0.336 e. The van der Waals surface area contributed by atoms with Crippen LogP contribution >= 0.6 is 11.3 Å². The van der Waals surface area contributed by atoms with Gasteiger partial charge in [-0.15, -0.1) is 11.3 Å². The number of amides is 1. The molecule has 1 N–H and O–H groups in total. The average molecular weight is 302 g/mol. The molecule has 0 saturated carbocycles. The van der Waals surface area contributed by atoms with Crippen LogP contribution in [0.4, 0.5) is 0 Å². The zero-order valence-electron chi connectivity index (χ0n) is 12.0. The van der Waals surface area contributed by atoms with Crippen molar-refractivity contribution in [1.29, 1.82) is 0 Å². The molecule has 1 fully saturated rings. The lowest BCUT2D eigenvalue weighted by Gasteiger charge is -2.32.